The lowest BCUT2D eigenvalue weighted by Crippen LogP contribution is -2.26. The average molecular weight is 169 g/mol. The van der Waals surface area contributed by atoms with Crippen LogP contribution in [0.15, 0.2) is 16.6 Å². The molecule has 0 aromatic heterocycles. The molecule has 0 aromatic carbocycles. The lowest BCUT2D eigenvalue weighted by Gasteiger charge is -2.10. The van der Waals surface area contributed by atoms with E-state index in [1.165, 1.54) is 0 Å². The Hall–Kier alpha value is -1.03. The van der Waals surface area contributed by atoms with Crippen molar-refractivity contribution in [3.05, 3.63) is 11.6 Å². The predicted octanol–water partition coefficient (Wildman–Crippen LogP) is 0.733. The molecule has 0 fully saturated rings. The van der Waals surface area contributed by atoms with E-state index in [1.807, 2.05) is 18.3 Å². The first-order valence-corrected chi connectivity index (χ1v) is 4.06. The molecule has 4 nitrogen and oxygen atoms in total. The Morgan fingerprint density at radius 2 is 2.50 bits per heavy atom. The monoisotopic (exact) mass is 169 g/mol. The summed E-state index contributed by atoms with van der Waals surface area (Å²) in [6, 6.07) is 0. The van der Waals surface area contributed by atoms with Crippen LogP contribution in [0.25, 0.3) is 0 Å². The zero-order valence-electron chi connectivity index (χ0n) is 7.79. The van der Waals surface area contributed by atoms with Gasteiger partial charge in [-0.05, 0) is 6.42 Å². The summed E-state index contributed by atoms with van der Waals surface area (Å²) in [5, 5.41) is 1.87. The van der Waals surface area contributed by atoms with E-state index in [0.717, 1.165) is 24.5 Å². The molecule has 1 rings (SSSR count). The molecule has 4 heteroatoms. The van der Waals surface area contributed by atoms with E-state index in [0.29, 0.717) is 0 Å². The molecule has 0 aliphatic carbocycles. The summed E-state index contributed by atoms with van der Waals surface area (Å²) in [5.41, 5.74) is 3.10. The number of nitrogens with zero attached hydrogens (tertiary/aromatic N) is 2. The highest BCUT2D eigenvalue weighted by Gasteiger charge is 2.18. The summed E-state index contributed by atoms with van der Waals surface area (Å²) in [6.45, 7) is 2.78. The molecule has 0 atom stereocenters. The maximum atomic E-state index is 5.15. The van der Waals surface area contributed by atoms with E-state index in [2.05, 4.69) is 17.3 Å². The van der Waals surface area contributed by atoms with Gasteiger partial charge in [0.1, 0.15) is 0 Å². The van der Waals surface area contributed by atoms with E-state index in [1.54, 1.807) is 7.11 Å². The van der Waals surface area contributed by atoms with Crippen molar-refractivity contribution in [3.8, 4) is 0 Å². The summed E-state index contributed by atoms with van der Waals surface area (Å²) in [7, 11) is 3.59. The Labute approximate surface area is 72.9 Å². The first-order valence-electron chi connectivity index (χ1n) is 4.06. The van der Waals surface area contributed by atoms with Crippen LogP contribution < -0.4 is 5.43 Å². The van der Waals surface area contributed by atoms with Gasteiger partial charge in [-0.15, -0.1) is 0 Å². The molecule has 1 N–H and O–H groups in total. The SMILES string of the molecule is CCC=NC1=C(OC)CNN1C. The van der Waals surface area contributed by atoms with E-state index >= 15 is 0 Å². The first kappa shape index (κ1) is 9.06. The van der Waals surface area contributed by atoms with Gasteiger partial charge in [-0.3, -0.25) is 5.01 Å². The number of aliphatic imine (C=N–C) groups is 1. The molecule has 0 spiro atoms. The molecule has 1 aliphatic rings. The number of ether oxygens (including phenoxy) is 1. The van der Waals surface area contributed by atoms with Crippen LogP contribution in [0.4, 0.5) is 0 Å². The van der Waals surface area contributed by atoms with Crippen LogP contribution in [0.5, 0.6) is 0 Å². The quantitative estimate of drug-likeness (QED) is 0.633. The summed E-state index contributed by atoms with van der Waals surface area (Å²) < 4.78 is 5.15. The van der Waals surface area contributed by atoms with Crippen LogP contribution in [0.1, 0.15) is 13.3 Å². The van der Waals surface area contributed by atoms with Crippen molar-refractivity contribution in [1.29, 1.82) is 0 Å². The zero-order chi connectivity index (χ0) is 8.97. The van der Waals surface area contributed by atoms with Crippen LogP contribution in [-0.2, 0) is 4.74 Å². The molecular weight excluding hydrogens is 154 g/mol. The molecule has 1 heterocycles. The summed E-state index contributed by atoms with van der Waals surface area (Å²) in [6.07, 6.45) is 2.81. The number of methoxy groups -OCH3 is 1. The fraction of sp³-hybridized carbons (Fsp3) is 0.625. The topological polar surface area (TPSA) is 36.9 Å². The van der Waals surface area contributed by atoms with Crippen molar-refractivity contribution in [3.63, 3.8) is 0 Å². The second-order valence-corrected chi connectivity index (χ2v) is 2.56. The van der Waals surface area contributed by atoms with Gasteiger partial charge < -0.3 is 4.74 Å². The summed E-state index contributed by atoms with van der Waals surface area (Å²) >= 11 is 0. The maximum Gasteiger partial charge on any atom is 0.182 e. The minimum Gasteiger partial charge on any atom is -0.496 e. The van der Waals surface area contributed by atoms with Gasteiger partial charge in [0.15, 0.2) is 11.6 Å². The number of hydrogen-bond donors (Lipinski definition) is 1. The molecule has 12 heavy (non-hydrogen) atoms. The molecule has 0 bridgehead atoms. The highest BCUT2D eigenvalue weighted by atomic mass is 16.5. The molecule has 1 aliphatic heterocycles. The van der Waals surface area contributed by atoms with Crippen LogP contribution in [0.2, 0.25) is 0 Å². The van der Waals surface area contributed by atoms with Crippen molar-refractivity contribution >= 4 is 6.21 Å². The molecule has 0 aromatic rings. The van der Waals surface area contributed by atoms with Crippen molar-refractivity contribution in [2.75, 3.05) is 20.7 Å². The van der Waals surface area contributed by atoms with Gasteiger partial charge >= 0.3 is 0 Å². The third-order valence-corrected chi connectivity index (χ3v) is 1.69. The van der Waals surface area contributed by atoms with E-state index in [9.17, 15) is 0 Å². The first-order chi connectivity index (χ1) is 5.79. The molecular formula is C8H15N3O. The summed E-state index contributed by atoms with van der Waals surface area (Å²) in [4.78, 5) is 4.27. The fourth-order valence-electron chi connectivity index (χ4n) is 1.03. The Balaban J connectivity index is 2.73. The van der Waals surface area contributed by atoms with Crippen molar-refractivity contribution in [2.24, 2.45) is 4.99 Å². The van der Waals surface area contributed by atoms with Crippen molar-refractivity contribution in [1.82, 2.24) is 10.4 Å². The Kier molecular flexibility index (Phi) is 3.10. The highest BCUT2D eigenvalue weighted by Crippen LogP contribution is 2.14. The molecule has 0 unspecified atom stereocenters. The third-order valence-electron chi connectivity index (χ3n) is 1.69. The largest absolute Gasteiger partial charge is 0.496 e. The molecule has 0 radical (unpaired) electrons. The molecule has 68 valence electrons. The van der Waals surface area contributed by atoms with Gasteiger partial charge in [0.2, 0.25) is 0 Å². The molecule has 0 saturated heterocycles. The minimum absolute atomic E-state index is 0.726. The van der Waals surface area contributed by atoms with Gasteiger partial charge in [0.25, 0.3) is 0 Å². The Morgan fingerprint density at radius 3 is 3.08 bits per heavy atom. The van der Waals surface area contributed by atoms with Gasteiger partial charge in [-0.2, -0.15) is 0 Å². The zero-order valence-corrected chi connectivity index (χ0v) is 7.79. The van der Waals surface area contributed by atoms with Crippen molar-refractivity contribution in [2.45, 2.75) is 13.3 Å². The number of hydrazine groups is 1. The second kappa shape index (κ2) is 4.11. The Morgan fingerprint density at radius 1 is 1.75 bits per heavy atom. The lowest BCUT2D eigenvalue weighted by molar-refractivity contribution is 0.285. The van der Waals surface area contributed by atoms with Gasteiger partial charge in [-0.25, -0.2) is 10.4 Å². The second-order valence-electron chi connectivity index (χ2n) is 2.56. The van der Waals surface area contributed by atoms with E-state index in [4.69, 9.17) is 4.74 Å². The Bertz CT molecular complexity index is 210. The van der Waals surface area contributed by atoms with Gasteiger partial charge in [0.05, 0.1) is 13.7 Å². The summed E-state index contributed by atoms with van der Waals surface area (Å²) in [5.74, 6) is 1.77. The fourth-order valence-corrected chi connectivity index (χ4v) is 1.03. The number of hydrogen-bond acceptors (Lipinski definition) is 4. The van der Waals surface area contributed by atoms with Gasteiger partial charge in [0, 0.05) is 13.3 Å². The number of nitrogens with one attached hydrogen (secondary N) is 1. The van der Waals surface area contributed by atoms with E-state index < -0.39 is 0 Å². The lowest BCUT2D eigenvalue weighted by atomic mass is 10.5. The normalized spacial score (nSPS) is 18.1. The van der Waals surface area contributed by atoms with Crippen molar-refractivity contribution < 1.29 is 4.74 Å². The third kappa shape index (κ3) is 1.76. The smallest absolute Gasteiger partial charge is 0.182 e. The van der Waals surface area contributed by atoms with Crippen LogP contribution >= 0.6 is 0 Å². The molecule has 0 saturated carbocycles. The number of rotatable bonds is 3. The standard InChI is InChI=1S/C8H15N3O/c1-4-5-9-8-7(12-3)6-10-11(8)2/h5,10H,4,6H2,1-3H3. The average Bonchev–Trinajstić information content (AvgIpc) is 2.43. The van der Waals surface area contributed by atoms with Crippen LogP contribution in [0.3, 0.4) is 0 Å². The highest BCUT2D eigenvalue weighted by molar-refractivity contribution is 5.58. The predicted molar refractivity (Wildman–Crippen MR) is 48.6 cm³/mol. The minimum atomic E-state index is 0.726. The van der Waals surface area contributed by atoms with Crippen LogP contribution in [-0.4, -0.2) is 31.9 Å². The van der Waals surface area contributed by atoms with Crippen LogP contribution in [0, 0.1) is 0 Å². The molecule has 0 amide bonds. The van der Waals surface area contributed by atoms with Gasteiger partial charge in [-0.1, -0.05) is 6.92 Å². The maximum absolute atomic E-state index is 5.15. The van der Waals surface area contributed by atoms with E-state index in [-0.39, 0.29) is 0 Å².